The van der Waals surface area contributed by atoms with E-state index in [1.54, 1.807) is 6.26 Å². The molecular weight excluding hydrogens is 148 g/mol. The molecule has 0 bridgehead atoms. The summed E-state index contributed by atoms with van der Waals surface area (Å²) in [7, 11) is 0. The lowest BCUT2D eigenvalue weighted by Gasteiger charge is -2.25. The predicted molar refractivity (Wildman–Crippen MR) is 48.3 cm³/mol. The van der Waals surface area contributed by atoms with E-state index in [0.717, 1.165) is 19.4 Å². The van der Waals surface area contributed by atoms with E-state index >= 15 is 0 Å². The Bertz CT molecular complexity index is 278. The largest absolute Gasteiger partial charge is 0.497 e. The van der Waals surface area contributed by atoms with E-state index in [1.165, 1.54) is 17.6 Å². The first-order chi connectivity index (χ1) is 5.92. The molecule has 0 amide bonds. The highest BCUT2D eigenvalue weighted by atomic mass is 16.5. The van der Waals surface area contributed by atoms with Crippen LogP contribution in [-0.2, 0) is 4.74 Å². The number of terminal acetylenes is 1. The third-order valence-electron chi connectivity index (χ3n) is 2.56. The summed E-state index contributed by atoms with van der Waals surface area (Å²) < 4.78 is 5.22. The van der Waals surface area contributed by atoms with Crippen LogP contribution >= 0.6 is 0 Å². The van der Waals surface area contributed by atoms with Gasteiger partial charge in [-0.2, -0.15) is 0 Å². The first-order valence-electron chi connectivity index (χ1n) is 4.38. The van der Waals surface area contributed by atoms with Gasteiger partial charge in [0.2, 0.25) is 0 Å². The summed E-state index contributed by atoms with van der Waals surface area (Å²) in [6.07, 6.45) is 12.8. The van der Waals surface area contributed by atoms with Gasteiger partial charge in [0.05, 0.1) is 6.26 Å². The van der Waals surface area contributed by atoms with E-state index in [2.05, 4.69) is 5.92 Å². The van der Waals surface area contributed by atoms with E-state index in [0.29, 0.717) is 5.92 Å². The van der Waals surface area contributed by atoms with Crippen LogP contribution in [-0.4, -0.2) is 6.61 Å². The van der Waals surface area contributed by atoms with Gasteiger partial charge < -0.3 is 4.74 Å². The molecule has 0 N–H and O–H groups in total. The highest BCUT2D eigenvalue weighted by Gasteiger charge is 2.21. The fourth-order valence-electron chi connectivity index (χ4n) is 1.90. The summed E-state index contributed by atoms with van der Waals surface area (Å²) in [5.74, 6) is 3.18. The summed E-state index contributed by atoms with van der Waals surface area (Å²) in [5.41, 5.74) is 2.75. The third-order valence-corrected chi connectivity index (χ3v) is 2.56. The molecule has 12 heavy (non-hydrogen) atoms. The lowest BCUT2D eigenvalue weighted by Crippen LogP contribution is -2.14. The molecule has 1 unspecified atom stereocenters. The van der Waals surface area contributed by atoms with Crippen molar-refractivity contribution >= 4 is 0 Å². The van der Waals surface area contributed by atoms with E-state index in [9.17, 15) is 0 Å². The molecule has 1 aliphatic carbocycles. The molecule has 0 fully saturated rings. The number of hydrogen-bond acceptors (Lipinski definition) is 1. The molecule has 0 aromatic carbocycles. The summed E-state index contributed by atoms with van der Waals surface area (Å²) in [6, 6.07) is 0. The minimum atomic E-state index is 0.342. The van der Waals surface area contributed by atoms with Crippen LogP contribution in [0.15, 0.2) is 23.5 Å². The molecule has 1 nitrogen and oxygen atoms in total. The van der Waals surface area contributed by atoms with Crippen molar-refractivity contribution in [3.63, 3.8) is 0 Å². The van der Waals surface area contributed by atoms with Crippen molar-refractivity contribution in [1.29, 1.82) is 0 Å². The van der Waals surface area contributed by atoms with Crippen molar-refractivity contribution in [2.24, 2.45) is 5.92 Å². The van der Waals surface area contributed by atoms with Crippen LogP contribution in [0.5, 0.6) is 0 Å². The van der Waals surface area contributed by atoms with Gasteiger partial charge in [-0.05, 0) is 36.5 Å². The fraction of sp³-hybridized carbons (Fsp3) is 0.455. The highest BCUT2D eigenvalue weighted by molar-refractivity contribution is 5.36. The van der Waals surface area contributed by atoms with E-state index in [1.807, 2.05) is 6.08 Å². The van der Waals surface area contributed by atoms with E-state index in [4.69, 9.17) is 11.2 Å². The molecule has 0 aromatic heterocycles. The number of hydrogen-bond donors (Lipinski definition) is 0. The first-order valence-corrected chi connectivity index (χ1v) is 4.38. The molecule has 0 radical (unpaired) electrons. The molecule has 62 valence electrons. The van der Waals surface area contributed by atoms with Crippen LogP contribution in [0.2, 0.25) is 0 Å². The molecule has 0 spiro atoms. The molecule has 2 rings (SSSR count). The van der Waals surface area contributed by atoms with Crippen LogP contribution in [0.4, 0.5) is 0 Å². The maximum absolute atomic E-state index is 5.45. The normalized spacial score (nSPS) is 27.4. The second-order valence-electron chi connectivity index (χ2n) is 3.28. The molecule has 0 aromatic rings. The van der Waals surface area contributed by atoms with Gasteiger partial charge in [0, 0.05) is 5.92 Å². The fourth-order valence-corrected chi connectivity index (χ4v) is 1.90. The Morgan fingerprint density at radius 1 is 1.58 bits per heavy atom. The zero-order valence-corrected chi connectivity index (χ0v) is 7.05. The Kier molecular flexibility index (Phi) is 1.91. The number of allylic oxidation sites excluding steroid dienone is 2. The Morgan fingerprint density at radius 3 is 3.33 bits per heavy atom. The van der Waals surface area contributed by atoms with Crippen LogP contribution in [0.1, 0.15) is 19.3 Å². The maximum Gasteiger partial charge on any atom is 0.109 e. The van der Waals surface area contributed by atoms with Gasteiger partial charge in [0.15, 0.2) is 0 Å². The van der Waals surface area contributed by atoms with Gasteiger partial charge in [-0.1, -0.05) is 5.92 Å². The van der Waals surface area contributed by atoms with Crippen LogP contribution in [0.3, 0.4) is 0 Å². The lowest BCUT2D eigenvalue weighted by atomic mass is 9.83. The van der Waals surface area contributed by atoms with Crippen LogP contribution < -0.4 is 0 Å². The smallest absolute Gasteiger partial charge is 0.109 e. The third kappa shape index (κ3) is 1.14. The molecular formula is C11H12O. The Morgan fingerprint density at radius 2 is 2.50 bits per heavy atom. The molecule has 0 saturated carbocycles. The Labute approximate surface area is 73.1 Å². The predicted octanol–water partition coefficient (Wildman–Crippen LogP) is 2.26. The van der Waals surface area contributed by atoms with Crippen molar-refractivity contribution in [1.82, 2.24) is 0 Å². The van der Waals surface area contributed by atoms with E-state index < -0.39 is 0 Å². The highest BCUT2D eigenvalue weighted by Crippen LogP contribution is 2.32. The van der Waals surface area contributed by atoms with Gasteiger partial charge in [-0.25, -0.2) is 0 Å². The quantitative estimate of drug-likeness (QED) is 0.494. The second-order valence-corrected chi connectivity index (χ2v) is 3.28. The second kappa shape index (κ2) is 3.06. The average molecular weight is 160 g/mol. The SMILES string of the molecule is C#CC1CCCC2=C1C=COC2. The maximum atomic E-state index is 5.45. The molecule has 0 saturated heterocycles. The molecule has 2 aliphatic rings. The van der Waals surface area contributed by atoms with Gasteiger partial charge in [0.25, 0.3) is 0 Å². The van der Waals surface area contributed by atoms with Gasteiger partial charge >= 0.3 is 0 Å². The van der Waals surface area contributed by atoms with Gasteiger partial charge in [-0.15, -0.1) is 6.42 Å². The zero-order valence-electron chi connectivity index (χ0n) is 7.05. The topological polar surface area (TPSA) is 9.23 Å². The van der Waals surface area contributed by atoms with Gasteiger partial charge in [0.1, 0.15) is 6.61 Å². The summed E-state index contributed by atoms with van der Waals surface area (Å²) in [6.45, 7) is 0.754. The zero-order chi connectivity index (χ0) is 8.39. The summed E-state index contributed by atoms with van der Waals surface area (Å²) in [4.78, 5) is 0. The van der Waals surface area contributed by atoms with Crippen molar-refractivity contribution in [3.05, 3.63) is 23.5 Å². The first kappa shape index (κ1) is 7.49. The van der Waals surface area contributed by atoms with E-state index in [-0.39, 0.29) is 0 Å². The lowest BCUT2D eigenvalue weighted by molar-refractivity contribution is 0.263. The standard InChI is InChI=1S/C11H12O/c1-2-9-4-3-5-10-8-12-7-6-11(9)10/h1,6-7,9H,3-5,8H2. The minimum Gasteiger partial charge on any atom is -0.497 e. The van der Waals surface area contributed by atoms with Crippen molar-refractivity contribution in [3.8, 4) is 12.3 Å². The number of rotatable bonds is 0. The van der Waals surface area contributed by atoms with Crippen molar-refractivity contribution < 1.29 is 4.74 Å². The monoisotopic (exact) mass is 160 g/mol. The summed E-state index contributed by atoms with van der Waals surface area (Å²) >= 11 is 0. The van der Waals surface area contributed by atoms with Crippen LogP contribution in [0, 0.1) is 18.3 Å². The van der Waals surface area contributed by atoms with Crippen molar-refractivity contribution in [2.75, 3.05) is 6.61 Å². The molecule has 1 heterocycles. The minimum absolute atomic E-state index is 0.342. The Balaban J connectivity index is 2.32. The summed E-state index contributed by atoms with van der Waals surface area (Å²) in [5, 5.41) is 0. The van der Waals surface area contributed by atoms with Gasteiger partial charge in [-0.3, -0.25) is 0 Å². The van der Waals surface area contributed by atoms with Crippen LogP contribution in [0.25, 0.3) is 0 Å². The Hall–Kier alpha value is -1.16. The number of ether oxygens (including phenoxy) is 1. The molecule has 1 heteroatoms. The molecule has 1 aliphatic heterocycles. The van der Waals surface area contributed by atoms with Crippen molar-refractivity contribution in [2.45, 2.75) is 19.3 Å². The molecule has 1 atom stereocenters. The average Bonchev–Trinajstić information content (AvgIpc) is 2.17.